The lowest BCUT2D eigenvalue weighted by Crippen LogP contribution is -2.00. The highest BCUT2D eigenvalue weighted by Crippen LogP contribution is 2.33. The van der Waals surface area contributed by atoms with Crippen molar-refractivity contribution in [2.45, 2.75) is 26.1 Å². The molecule has 2 aromatic carbocycles. The number of alkyl halides is 1. The van der Waals surface area contributed by atoms with Crippen molar-refractivity contribution < 1.29 is 4.39 Å². The molecule has 0 radical (unpaired) electrons. The first-order valence-corrected chi connectivity index (χ1v) is 6.40. The van der Waals surface area contributed by atoms with Crippen molar-refractivity contribution in [1.82, 2.24) is 0 Å². The third-order valence-electron chi connectivity index (χ3n) is 3.13. The van der Waals surface area contributed by atoms with Crippen LogP contribution in [0.1, 0.15) is 33.2 Å². The zero-order valence-corrected chi connectivity index (χ0v) is 11.6. The summed E-state index contributed by atoms with van der Waals surface area (Å²) in [5.41, 5.74) is 4.75. The molecule has 0 amide bonds. The molecule has 2 aromatic rings. The smallest absolute Gasteiger partial charge is 0.128 e. The summed E-state index contributed by atoms with van der Waals surface area (Å²) < 4.78 is 13.9. The third kappa shape index (κ3) is 2.56. The van der Waals surface area contributed by atoms with E-state index >= 15 is 0 Å². The van der Waals surface area contributed by atoms with Gasteiger partial charge in [-0.1, -0.05) is 41.5 Å². The van der Waals surface area contributed by atoms with Gasteiger partial charge in [0, 0.05) is 5.56 Å². The second-order valence-electron chi connectivity index (χ2n) is 4.75. The Kier molecular flexibility index (Phi) is 3.72. The predicted octanol–water partition coefficient (Wildman–Crippen LogP) is 5.08. The Morgan fingerprint density at radius 3 is 2.11 bits per heavy atom. The lowest BCUT2D eigenvalue weighted by Gasteiger charge is -2.15. The van der Waals surface area contributed by atoms with E-state index in [1.807, 2.05) is 45.0 Å². The second kappa shape index (κ2) is 5.11. The van der Waals surface area contributed by atoms with Crippen molar-refractivity contribution in [1.29, 1.82) is 0 Å². The third-order valence-corrected chi connectivity index (χ3v) is 3.60. The molecule has 0 aromatic heterocycles. The Hall–Kier alpha value is -1.34. The summed E-state index contributed by atoms with van der Waals surface area (Å²) in [4.78, 5) is 0. The number of hydrogen-bond acceptors (Lipinski definition) is 0. The Bertz CT molecular complexity index is 524. The molecule has 18 heavy (non-hydrogen) atoms. The average molecular weight is 263 g/mol. The van der Waals surface area contributed by atoms with Gasteiger partial charge in [0.15, 0.2) is 0 Å². The molecule has 0 fully saturated rings. The molecular weight excluding hydrogens is 247 g/mol. The van der Waals surface area contributed by atoms with Gasteiger partial charge in [0.05, 0.1) is 5.38 Å². The SMILES string of the molecule is Cc1ccc(C)c(C(Cl)c2cc(C)ccc2F)c1. The minimum absolute atomic E-state index is 0.249. The summed E-state index contributed by atoms with van der Waals surface area (Å²) in [5, 5.41) is -0.440. The maximum absolute atomic E-state index is 13.9. The highest BCUT2D eigenvalue weighted by Gasteiger charge is 2.17. The van der Waals surface area contributed by atoms with E-state index in [1.165, 1.54) is 6.07 Å². The zero-order chi connectivity index (χ0) is 13.3. The lowest BCUT2D eigenvalue weighted by atomic mass is 9.97. The van der Waals surface area contributed by atoms with Crippen LogP contribution in [0, 0.1) is 26.6 Å². The quantitative estimate of drug-likeness (QED) is 0.662. The number of rotatable bonds is 2. The van der Waals surface area contributed by atoms with Gasteiger partial charge in [0.2, 0.25) is 0 Å². The van der Waals surface area contributed by atoms with E-state index in [1.54, 1.807) is 6.07 Å². The van der Waals surface area contributed by atoms with Crippen LogP contribution in [0.25, 0.3) is 0 Å². The molecule has 0 bridgehead atoms. The van der Waals surface area contributed by atoms with Gasteiger partial charge < -0.3 is 0 Å². The summed E-state index contributed by atoms with van der Waals surface area (Å²) in [5.74, 6) is -0.249. The van der Waals surface area contributed by atoms with Gasteiger partial charge in [0.25, 0.3) is 0 Å². The van der Waals surface area contributed by atoms with E-state index in [9.17, 15) is 4.39 Å². The van der Waals surface area contributed by atoms with Crippen LogP contribution in [0.5, 0.6) is 0 Å². The monoisotopic (exact) mass is 262 g/mol. The van der Waals surface area contributed by atoms with Crippen LogP contribution in [0.4, 0.5) is 4.39 Å². The highest BCUT2D eigenvalue weighted by molar-refractivity contribution is 6.22. The molecule has 0 aliphatic rings. The van der Waals surface area contributed by atoms with E-state index in [0.717, 1.165) is 22.3 Å². The zero-order valence-electron chi connectivity index (χ0n) is 10.8. The highest BCUT2D eigenvalue weighted by atomic mass is 35.5. The van der Waals surface area contributed by atoms with Crippen molar-refractivity contribution in [3.63, 3.8) is 0 Å². The Morgan fingerprint density at radius 1 is 0.889 bits per heavy atom. The van der Waals surface area contributed by atoms with Crippen LogP contribution in [0.2, 0.25) is 0 Å². The Balaban J connectivity index is 2.50. The molecule has 94 valence electrons. The summed E-state index contributed by atoms with van der Waals surface area (Å²) in [6.07, 6.45) is 0. The van der Waals surface area contributed by atoms with E-state index in [-0.39, 0.29) is 5.82 Å². The Labute approximate surface area is 112 Å². The molecule has 2 rings (SSSR count). The lowest BCUT2D eigenvalue weighted by molar-refractivity contribution is 0.611. The van der Waals surface area contributed by atoms with Crippen LogP contribution in [-0.2, 0) is 0 Å². The standard InChI is InChI=1S/C16H16ClF/c1-10-4-6-12(3)13(8-10)16(17)14-9-11(2)5-7-15(14)18/h4-9,16H,1-3H3. The summed E-state index contributed by atoms with van der Waals surface area (Å²) >= 11 is 6.45. The molecule has 0 spiro atoms. The fraction of sp³-hybridized carbons (Fsp3) is 0.250. The molecule has 0 N–H and O–H groups in total. The normalized spacial score (nSPS) is 12.5. The van der Waals surface area contributed by atoms with Crippen molar-refractivity contribution in [2.75, 3.05) is 0 Å². The number of aryl methyl sites for hydroxylation is 3. The van der Waals surface area contributed by atoms with E-state index in [0.29, 0.717) is 5.56 Å². The van der Waals surface area contributed by atoms with Crippen LogP contribution < -0.4 is 0 Å². The van der Waals surface area contributed by atoms with E-state index in [4.69, 9.17) is 11.6 Å². The summed E-state index contributed by atoms with van der Waals surface area (Å²) in [6.45, 7) is 5.95. The van der Waals surface area contributed by atoms with Crippen molar-refractivity contribution in [3.05, 3.63) is 70.0 Å². The van der Waals surface area contributed by atoms with Gasteiger partial charge in [-0.25, -0.2) is 4.39 Å². The largest absolute Gasteiger partial charge is 0.207 e. The van der Waals surface area contributed by atoms with Crippen LogP contribution in [0.3, 0.4) is 0 Å². The minimum atomic E-state index is -0.440. The van der Waals surface area contributed by atoms with Gasteiger partial charge in [-0.15, -0.1) is 11.6 Å². The fourth-order valence-electron chi connectivity index (χ4n) is 2.06. The molecule has 0 heterocycles. The van der Waals surface area contributed by atoms with Crippen LogP contribution in [-0.4, -0.2) is 0 Å². The maximum Gasteiger partial charge on any atom is 0.128 e. The van der Waals surface area contributed by atoms with Crippen molar-refractivity contribution >= 4 is 11.6 Å². The average Bonchev–Trinajstić information content (AvgIpc) is 2.34. The first-order chi connectivity index (χ1) is 8.49. The van der Waals surface area contributed by atoms with Gasteiger partial charge in [-0.05, 0) is 38.0 Å². The number of benzene rings is 2. The molecule has 0 aliphatic heterocycles. The van der Waals surface area contributed by atoms with Gasteiger partial charge in [-0.3, -0.25) is 0 Å². The molecule has 2 heteroatoms. The van der Waals surface area contributed by atoms with Crippen molar-refractivity contribution in [2.24, 2.45) is 0 Å². The van der Waals surface area contributed by atoms with Gasteiger partial charge in [0.1, 0.15) is 5.82 Å². The molecule has 0 nitrogen and oxygen atoms in total. The molecule has 0 saturated carbocycles. The van der Waals surface area contributed by atoms with E-state index in [2.05, 4.69) is 0 Å². The van der Waals surface area contributed by atoms with Gasteiger partial charge >= 0.3 is 0 Å². The first kappa shape index (κ1) is 13.1. The second-order valence-corrected chi connectivity index (χ2v) is 5.18. The number of hydrogen-bond donors (Lipinski definition) is 0. The predicted molar refractivity (Wildman–Crippen MR) is 74.7 cm³/mol. The first-order valence-electron chi connectivity index (χ1n) is 5.96. The molecular formula is C16H16ClF. The summed E-state index contributed by atoms with van der Waals surface area (Å²) in [7, 11) is 0. The fourth-order valence-corrected chi connectivity index (χ4v) is 2.46. The number of halogens is 2. The molecule has 0 saturated heterocycles. The molecule has 1 atom stereocenters. The van der Waals surface area contributed by atoms with Crippen LogP contribution >= 0.6 is 11.6 Å². The Morgan fingerprint density at radius 2 is 1.44 bits per heavy atom. The van der Waals surface area contributed by atoms with E-state index < -0.39 is 5.38 Å². The summed E-state index contributed by atoms with van der Waals surface area (Å²) in [6, 6.07) is 11.1. The van der Waals surface area contributed by atoms with Crippen LogP contribution in [0.15, 0.2) is 36.4 Å². The van der Waals surface area contributed by atoms with Gasteiger partial charge in [-0.2, -0.15) is 0 Å². The topological polar surface area (TPSA) is 0 Å². The molecule has 1 unspecified atom stereocenters. The minimum Gasteiger partial charge on any atom is -0.207 e. The van der Waals surface area contributed by atoms with Crippen molar-refractivity contribution in [3.8, 4) is 0 Å². The maximum atomic E-state index is 13.9. The molecule has 0 aliphatic carbocycles.